The molecule has 5 heteroatoms. The van der Waals surface area contributed by atoms with Gasteiger partial charge in [-0.15, -0.1) is 0 Å². The predicted octanol–water partition coefficient (Wildman–Crippen LogP) is 5.37. The van der Waals surface area contributed by atoms with Crippen molar-refractivity contribution in [1.82, 2.24) is 0 Å². The summed E-state index contributed by atoms with van der Waals surface area (Å²) < 4.78 is 51.1. The molecule has 0 amide bonds. The minimum absolute atomic E-state index is 0.0734. The fourth-order valence-electron chi connectivity index (χ4n) is 1.29. The van der Waals surface area contributed by atoms with Crippen LogP contribution in [0, 0.1) is 0 Å². The number of thioether (sulfide) groups is 1. The van der Waals surface area contributed by atoms with Crippen LogP contribution < -0.4 is 0 Å². The molecule has 0 unspecified atom stereocenters. The predicted molar refractivity (Wildman–Crippen MR) is 66.2 cm³/mol. The van der Waals surface area contributed by atoms with Gasteiger partial charge in [0.05, 0.1) is 0 Å². The SMILES string of the molecule is CCC(C)(CC)SCCCC(F)(F)C(C)(F)F. The van der Waals surface area contributed by atoms with Gasteiger partial charge in [-0.2, -0.15) is 20.5 Å². The number of hydrogen-bond donors (Lipinski definition) is 0. The van der Waals surface area contributed by atoms with Gasteiger partial charge in [0.1, 0.15) is 0 Å². The molecule has 0 nitrogen and oxygen atoms in total. The Hall–Kier alpha value is 0.0700. The van der Waals surface area contributed by atoms with Gasteiger partial charge in [0.15, 0.2) is 0 Å². The van der Waals surface area contributed by atoms with Crippen molar-refractivity contribution in [2.24, 2.45) is 0 Å². The molecular weight excluding hydrogens is 252 g/mol. The highest BCUT2D eigenvalue weighted by Crippen LogP contribution is 2.39. The van der Waals surface area contributed by atoms with Crippen molar-refractivity contribution in [2.75, 3.05) is 5.75 Å². The minimum atomic E-state index is -3.92. The average molecular weight is 274 g/mol. The zero-order chi connectivity index (χ0) is 13.7. The van der Waals surface area contributed by atoms with Crippen molar-refractivity contribution in [3.05, 3.63) is 0 Å². The molecule has 0 heterocycles. The Labute approximate surface area is 106 Å². The highest BCUT2D eigenvalue weighted by Gasteiger charge is 2.51. The molecule has 0 aliphatic heterocycles. The van der Waals surface area contributed by atoms with E-state index in [1.54, 1.807) is 11.8 Å². The Morgan fingerprint density at radius 1 is 0.941 bits per heavy atom. The summed E-state index contributed by atoms with van der Waals surface area (Å²) in [4.78, 5) is 0. The molecular formula is C12H22F4S. The highest BCUT2D eigenvalue weighted by atomic mass is 32.2. The molecule has 0 atom stereocenters. The van der Waals surface area contributed by atoms with Crippen molar-refractivity contribution < 1.29 is 17.6 Å². The van der Waals surface area contributed by atoms with Crippen LogP contribution in [-0.4, -0.2) is 22.3 Å². The van der Waals surface area contributed by atoms with Gasteiger partial charge < -0.3 is 0 Å². The number of halogens is 4. The quantitative estimate of drug-likeness (QED) is 0.423. The first-order valence-electron chi connectivity index (χ1n) is 5.97. The summed E-state index contributed by atoms with van der Waals surface area (Å²) in [5.41, 5.74) is 0. The molecule has 0 bridgehead atoms. The molecule has 17 heavy (non-hydrogen) atoms. The molecule has 0 N–H and O–H groups in total. The van der Waals surface area contributed by atoms with Gasteiger partial charge in [0.2, 0.25) is 0 Å². The van der Waals surface area contributed by atoms with Crippen LogP contribution in [0.3, 0.4) is 0 Å². The second kappa shape index (κ2) is 6.30. The maximum absolute atomic E-state index is 13.0. The lowest BCUT2D eigenvalue weighted by molar-refractivity contribution is -0.200. The number of hydrogen-bond acceptors (Lipinski definition) is 1. The Balaban J connectivity index is 4.01. The molecule has 0 saturated heterocycles. The van der Waals surface area contributed by atoms with E-state index in [0.29, 0.717) is 5.75 Å². The monoisotopic (exact) mass is 274 g/mol. The lowest BCUT2D eigenvalue weighted by Gasteiger charge is -2.27. The molecule has 0 fully saturated rings. The topological polar surface area (TPSA) is 0 Å². The van der Waals surface area contributed by atoms with E-state index in [4.69, 9.17) is 0 Å². The van der Waals surface area contributed by atoms with E-state index in [1.165, 1.54) is 0 Å². The first-order valence-corrected chi connectivity index (χ1v) is 6.96. The molecule has 0 spiro atoms. The van der Waals surface area contributed by atoms with E-state index in [9.17, 15) is 17.6 Å². The second-order valence-electron chi connectivity index (χ2n) is 4.70. The molecule has 0 aliphatic carbocycles. The van der Waals surface area contributed by atoms with Crippen LogP contribution in [0.1, 0.15) is 53.4 Å². The summed E-state index contributed by atoms with van der Waals surface area (Å²) in [6, 6.07) is 0. The van der Waals surface area contributed by atoms with Crippen LogP contribution in [-0.2, 0) is 0 Å². The van der Waals surface area contributed by atoms with Crippen molar-refractivity contribution in [3.63, 3.8) is 0 Å². The molecule has 0 aliphatic rings. The molecule has 0 rings (SSSR count). The molecule has 0 aromatic heterocycles. The number of rotatable bonds is 8. The molecule has 0 radical (unpaired) electrons. The van der Waals surface area contributed by atoms with E-state index in [1.807, 2.05) is 13.8 Å². The first-order chi connectivity index (χ1) is 7.58. The lowest BCUT2D eigenvalue weighted by atomic mass is 10.1. The minimum Gasteiger partial charge on any atom is -0.200 e. The normalized spacial score (nSPS) is 14.1. The second-order valence-corrected chi connectivity index (χ2v) is 6.38. The third-order valence-electron chi connectivity index (χ3n) is 3.22. The van der Waals surface area contributed by atoms with Gasteiger partial charge in [0.25, 0.3) is 0 Å². The standard InChI is InChI=1S/C12H22F4S/c1-5-10(3,6-2)17-9-7-8-12(15,16)11(4,13)14/h5-9H2,1-4H3. The molecule has 0 aromatic rings. The van der Waals surface area contributed by atoms with E-state index < -0.39 is 18.3 Å². The van der Waals surface area contributed by atoms with E-state index in [2.05, 4.69) is 6.92 Å². The summed E-state index contributed by atoms with van der Waals surface area (Å²) in [6.45, 7) is 6.45. The summed E-state index contributed by atoms with van der Waals surface area (Å²) in [5, 5.41) is 0. The fourth-order valence-corrected chi connectivity index (χ4v) is 2.48. The van der Waals surface area contributed by atoms with Crippen molar-refractivity contribution in [1.29, 1.82) is 0 Å². The van der Waals surface area contributed by atoms with Gasteiger partial charge in [-0.3, -0.25) is 0 Å². The van der Waals surface area contributed by atoms with Crippen molar-refractivity contribution >= 4 is 11.8 Å². The maximum atomic E-state index is 13.0. The summed E-state index contributed by atoms with van der Waals surface area (Å²) in [7, 11) is 0. The lowest BCUT2D eigenvalue weighted by Crippen LogP contribution is -2.37. The van der Waals surface area contributed by atoms with Crippen molar-refractivity contribution in [3.8, 4) is 0 Å². The van der Waals surface area contributed by atoms with E-state index in [0.717, 1.165) is 12.8 Å². The Morgan fingerprint density at radius 3 is 1.76 bits per heavy atom. The zero-order valence-electron chi connectivity index (χ0n) is 11.0. The van der Waals surface area contributed by atoms with Crippen LogP contribution in [0.2, 0.25) is 0 Å². The van der Waals surface area contributed by atoms with Crippen LogP contribution in [0.5, 0.6) is 0 Å². The summed E-state index contributed by atoms with van der Waals surface area (Å²) in [6.07, 6.45) is 1.28. The summed E-state index contributed by atoms with van der Waals surface area (Å²) in [5.74, 6) is -7.30. The first kappa shape index (κ1) is 17.1. The van der Waals surface area contributed by atoms with E-state index >= 15 is 0 Å². The Morgan fingerprint density at radius 2 is 1.41 bits per heavy atom. The van der Waals surface area contributed by atoms with Crippen molar-refractivity contribution in [2.45, 2.75) is 70.0 Å². The van der Waals surface area contributed by atoms with Crippen LogP contribution >= 0.6 is 11.8 Å². The van der Waals surface area contributed by atoms with Gasteiger partial charge in [-0.25, -0.2) is 8.78 Å². The molecule has 104 valence electrons. The van der Waals surface area contributed by atoms with Gasteiger partial charge in [-0.1, -0.05) is 20.8 Å². The smallest absolute Gasteiger partial charge is 0.200 e. The van der Waals surface area contributed by atoms with Crippen LogP contribution in [0.15, 0.2) is 0 Å². The average Bonchev–Trinajstić information content (AvgIpc) is 2.22. The largest absolute Gasteiger partial charge is 0.309 e. The fraction of sp³-hybridized carbons (Fsp3) is 1.00. The highest BCUT2D eigenvalue weighted by molar-refractivity contribution is 8.00. The molecule has 0 aromatic carbocycles. The van der Waals surface area contributed by atoms with Crippen LogP contribution in [0.25, 0.3) is 0 Å². The van der Waals surface area contributed by atoms with Gasteiger partial charge in [0, 0.05) is 18.1 Å². The van der Waals surface area contributed by atoms with Gasteiger partial charge >= 0.3 is 11.8 Å². The van der Waals surface area contributed by atoms with Crippen LogP contribution in [0.4, 0.5) is 17.6 Å². The molecule has 0 saturated carbocycles. The maximum Gasteiger partial charge on any atom is 0.309 e. The third-order valence-corrected chi connectivity index (χ3v) is 4.99. The zero-order valence-corrected chi connectivity index (χ0v) is 11.8. The third kappa shape index (κ3) is 5.49. The Kier molecular flexibility index (Phi) is 6.33. The summed E-state index contributed by atoms with van der Waals surface area (Å²) >= 11 is 1.60. The van der Waals surface area contributed by atoms with Gasteiger partial charge in [-0.05, 0) is 25.0 Å². The Bertz CT molecular complexity index is 219. The van der Waals surface area contributed by atoms with E-state index in [-0.39, 0.29) is 18.1 Å². The number of alkyl halides is 4.